The summed E-state index contributed by atoms with van der Waals surface area (Å²) in [6, 6.07) is 4.09. The SMILES string of the molecule is CN1CCCCC(CNC(=O)N2CC(O)CC2c2ccccc2C(F)(F)F)C1. The van der Waals surface area contributed by atoms with Crippen LogP contribution in [0.2, 0.25) is 0 Å². The maximum Gasteiger partial charge on any atom is 0.416 e. The number of nitrogens with zero attached hydrogens (tertiary/aromatic N) is 2. The molecule has 156 valence electrons. The van der Waals surface area contributed by atoms with Crippen LogP contribution in [0.15, 0.2) is 24.3 Å². The van der Waals surface area contributed by atoms with Gasteiger partial charge in [0.15, 0.2) is 0 Å². The van der Waals surface area contributed by atoms with Crippen LogP contribution in [0.5, 0.6) is 0 Å². The number of hydrogen-bond donors (Lipinski definition) is 2. The van der Waals surface area contributed by atoms with E-state index in [-0.39, 0.29) is 18.5 Å². The lowest BCUT2D eigenvalue weighted by molar-refractivity contribution is -0.138. The number of aliphatic hydroxyl groups excluding tert-OH is 1. The normalized spacial score (nSPS) is 26.9. The van der Waals surface area contributed by atoms with E-state index < -0.39 is 29.9 Å². The number of β-amino-alcohol motifs (C(OH)–C–C–N with tert-alkyl or cyclic N) is 1. The molecule has 2 N–H and O–H groups in total. The molecule has 28 heavy (non-hydrogen) atoms. The number of halogens is 3. The third-order valence-corrected chi connectivity index (χ3v) is 5.68. The Hall–Kier alpha value is -1.80. The van der Waals surface area contributed by atoms with Crippen molar-refractivity contribution >= 4 is 6.03 Å². The van der Waals surface area contributed by atoms with Crippen molar-refractivity contribution in [1.82, 2.24) is 15.1 Å². The molecular weight excluding hydrogens is 371 g/mol. The molecule has 3 unspecified atom stereocenters. The predicted molar refractivity (Wildman–Crippen MR) is 99.8 cm³/mol. The fourth-order valence-electron chi connectivity index (χ4n) is 4.32. The van der Waals surface area contributed by atoms with Gasteiger partial charge in [0.25, 0.3) is 0 Å². The molecule has 2 amide bonds. The number of alkyl halides is 3. The lowest BCUT2D eigenvalue weighted by Gasteiger charge is -2.28. The van der Waals surface area contributed by atoms with E-state index in [1.807, 2.05) is 0 Å². The van der Waals surface area contributed by atoms with Gasteiger partial charge >= 0.3 is 12.2 Å². The number of hydrogen-bond acceptors (Lipinski definition) is 3. The number of carbonyl (C=O) groups is 1. The first kappa shape index (κ1) is 20.9. The van der Waals surface area contributed by atoms with Crippen LogP contribution in [0.1, 0.15) is 42.9 Å². The van der Waals surface area contributed by atoms with Gasteiger partial charge in [-0.3, -0.25) is 0 Å². The minimum Gasteiger partial charge on any atom is -0.391 e. The Balaban J connectivity index is 1.71. The van der Waals surface area contributed by atoms with Crippen molar-refractivity contribution in [2.75, 3.05) is 33.2 Å². The number of amides is 2. The van der Waals surface area contributed by atoms with Crippen molar-refractivity contribution in [2.24, 2.45) is 5.92 Å². The third kappa shape index (κ3) is 4.97. The highest BCUT2D eigenvalue weighted by atomic mass is 19.4. The summed E-state index contributed by atoms with van der Waals surface area (Å²) in [6.45, 7) is 2.46. The maximum atomic E-state index is 13.4. The molecule has 0 bridgehead atoms. The van der Waals surface area contributed by atoms with Crippen LogP contribution in [-0.4, -0.2) is 60.3 Å². The smallest absolute Gasteiger partial charge is 0.391 e. The molecule has 0 saturated carbocycles. The average molecular weight is 399 g/mol. The van der Waals surface area contributed by atoms with Gasteiger partial charge in [-0.05, 0) is 50.4 Å². The number of benzene rings is 1. The van der Waals surface area contributed by atoms with Gasteiger partial charge in [-0.1, -0.05) is 24.6 Å². The Morgan fingerprint density at radius 1 is 1.25 bits per heavy atom. The van der Waals surface area contributed by atoms with Gasteiger partial charge in [0.05, 0.1) is 17.7 Å². The number of urea groups is 1. The van der Waals surface area contributed by atoms with E-state index in [0.717, 1.165) is 38.4 Å². The largest absolute Gasteiger partial charge is 0.416 e. The Kier molecular flexibility index (Phi) is 6.50. The molecule has 2 aliphatic rings. The van der Waals surface area contributed by atoms with Crippen molar-refractivity contribution in [2.45, 2.75) is 44.0 Å². The fraction of sp³-hybridized carbons (Fsp3) is 0.650. The third-order valence-electron chi connectivity index (χ3n) is 5.68. The number of rotatable bonds is 3. The van der Waals surface area contributed by atoms with Gasteiger partial charge in [0.1, 0.15) is 0 Å². The monoisotopic (exact) mass is 399 g/mol. The summed E-state index contributed by atoms with van der Waals surface area (Å²) in [6.07, 6.45) is -1.97. The second-order valence-corrected chi connectivity index (χ2v) is 7.95. The van der Waals surface area contributed by atoms with Gasteiger partial charge < -0.3 is 20.2 Å². The van der Waals surface area contributed by atoms with Crippen LogP contribution in [0.25, 0.3) is 0 Å². The predicted octanol–water partition coefficient (Wildman–Crippen LogP) is 3.25. The van der Waals surface area contributed by atoms with Crippen LogP contribution in [-0.2, 0) is 6.18 Å². The zero-order chi connectivity index (χ0) is 20.3. The summed E-state index contributed by atoms with van der Waals surface area (Å²) in [5, 5.41) is 12.9. The topological polar surface area (TPSA) is 55.8 Å². The quantitative estimate of drug-likeness (QED) is 0.820. The molecule has 5 nitrogen and oxygen atoms in total. The van der Waals surface area contributed by atoms with Crippen LogP contribution in [0.4, 0.5) is 18.0 Å². The molecule has 2 fully saturated rings. The van der Waals surface area contributed by atoms with E-state index in [9.17, 15) is 23.1 Å². The van der Waals surface area contributed by atoms with E-state index in [1.165, 1.54) is 23.1 Å². The van der Waals surface area contributed by atoms with Crippen molar-refractivity contribution in [3.05, 3.63) is 35.4 Å². The van der Waals surface area contributed by atoms with E-state index in [2.05, 4.69) is 17.3 Å². The van der Waals surface area contributed by atoms with E-state index >= 15 is 0 Å². The van der Waals surface area contributed by atoms with Gasteiger partial charge in [0, 0.05) is 19.6 Å². The molecular formula is C20H28F3N3O2. The maximum absolute atomic E-state index is 13.4. The molecule has 1 aromatic carbocycles. The minimum atomic E-state index is -4.50. The molecule has 3 rings (SSSR count). The molecule has 2 heterocycles. The summed E-state index contributed by atoms with van der Waals surface area (Å²) in [5.74, 6) is 0.324. The zero-order valence-electron chi connectivity index (χ0n) is 16.1. The number of carbonyl (C=O) groups excluding carboxylic acids is 1. The molecule has 2 saturated heterocycles. The molecule has 1 aromatic rings. The van der Waals surface area contributed by atoms with Crippen LogP contribution < -0.4 is 5.32 Å². The van der Waals surface area contributed by atoms with Crippen molar-refractivity contribution in [1.29, 1.82) is 0 Å². The van der Waals surface area contributed by atoms with Crippen molar-refractivity contribution in [3.63, 3.8) is 0 Å². The second kappa shape index (κ2) is 8.69. The molecule has 8 heteroatoms. The van der Waals surface area contributed by atoms with E-state index in [1.54, 1.807) is 0 Å². The first-order chi connectivity index (χ1) is 13.3. The molecule has 0 radical (unpaired) electrons. The highest BCUT2D eigenvalue weighted by Gasteiger charge is 2.41. The van der Waals surface area contributed by atoms with Crippen molar-refractivity contribution in [3.8, 4) is 0 Å². The molecule has 0 spiro atoms. The summed E-state index contributed by atoms with van der Waals surface area (Å²) in [4.78, 5) is 16.3. The number of aliphatic hydroxyl groups is 1. The highest BCUT2D eigenvalue weighted by molar-refractivity contribution is 5.75. The summed E-state index contributed by atoms with van der Waals surface area (Å²) >= 11 is 0. The Bertz CT molecular complexity index is 683. The summed E-state index contributed by atoms with van der Waals surface area (Å²) in [7, 11) is 2.06. The lowest BCUT2D eigenvalue weighted by atomic mass is 9.97. The minimum absolute atomic E-state index is 0.0350. The number of likely N-dealkylation sites (tertiary alicyclic amines) is 2. The lowest BCUT2D eigenvalue weighted by Crippen LogP contribution is -2.43. The van der Waals surface area contributed by atoms with Crippen LogP contribution >= 0.6 is 0 Å². The van der Waals surface area contributed by atoms with Gasteiger partial charge in [-0.2, -0.15) is 13.2 Å². The molecule has 0 aliphatic carbocycles. The Morgan fingerprint density at radius 3 is 2.75 bits per heavy atom. The second-order valence-electron chi connectivity index (χ2n) is 7.95. The van der Waals surface area contributed by atoms with Gasteiger partial charge in [0.2, 0.25) is 0 Å². The summed E-state index contributed by atoms with van der Waals surface area (Å²) in [5.41, 5.74) is -0.715. The first-order valence-electron chi connectivity index (χ1n) is 9.83. The molecule has 0 aromatic heterocycles. The first-order valence-corrected chi connectivity index (χ1v) is 9.83. The summed E-state index contributed by atoms with van der Waals surface area (Å²) < 4.78 is 40.2. The molecule has 3 atom stereocenters. The standard InChI is InChI=1S/C20H28F3N3O2/c1-25-9-5-4-6-14(12-25)11-24-19(28)26-13-15(27)10-18(26)16-7-2-3-8-17(16)20(21,22)23/h2-3,7-8,14-15,18,27H,4-6,9-13H2,1H3,(H,24,28). The van der Waals surface area contributed by atoms with Gasteiger partial charge in [-0.25, -0.2) is 4.79 Å². The van der Waals surface area contributed by atoms with Crippen LogP contribution in [0, 0.1) is 5.92 Å². The highest BCUT2D eigenvalue weighted by Crippen LogP contribution is 2.40. The van der Waals surface area contributed by atoms with Crippen molar-refractivity contribution < 1.29 is 23.1 Å². The van der Waals surface area contributed by atoms with Gasteiger partial charge in [-0.15, -0.1) is 0 Å². The van der Waals surface area contributed by atoms with E-state index in [0.29, 0.717) is 12.5 Å². The number of nitrogens with one attached hydrogen (secondary N) is 1. The Labute approximate surface area is 163 Å². The zero-order valence-corrected chi connectivity index (χ0v) is 16.1. The average Bonchev–Trinajstić information content (AvgIpc) is 2.91. The Morgan fingerprint density at radius 2 is 2.00 bits per heavy atom. The van der Waals surface area contributed by atoms with Crippen LogP contribution in [0.3, 0.4) is 0 Å². The van der Waals surface area contributed by atoms with E-state index in [4.69, 9.17) is 0 Å². The fourth-order valence-corrected chi connectivity index (χ4v) is 4.32. The molecule has 2 aliphatic heterocycles.